The third-order valence-electron chi connectivity index (χ3n) is 5.70. The summed E-state index contributed by atoms with van der Waals surface area (Å²) in [7, 11) is 0. The van der Waals surface area contributed by atoms with E-state index < -0.39 is 5.97 Å². The monoisotopic (exact) mass is 474 g/mol. The molecule has 164 valence electrons. The molecule has 0 saturated heterocycles. The number of aromatic carboxylic acids is 1. The van der Waals surface area contributed by atoms with E-state index in [2.05, 4.69) is 11.1 Å². The number of carboxylic acids is 1. The zero-order valence-corrected chi connectivity index (χ0v) is 19.4. The molecule has 0 unspecified atom stereocenters. The average Bonchev–Trinajstić information content (AvgIpc) is 3.35. The van der Waals surface area contributed by atoms with Crippen molar-refractivity contribution in [2.45, 2.75) is 31.0 Å². The van der Waals surface area contributed by atoms with E-state index in [0.29, 0.717) is 33.8 Å². The number of H-pyrrole nitrogens is 1. The van der Waals surface area contributed by atoms with E-state index in [9.17, 15) is 20.0 Å². The number of nitrogens with zero attached hydrogens (tertiary/aromatic N) is 3. The van der Waals surface area contributed by atoms with Crippen molar-refractivity contribution in [1.82, 2.24) is 14.4 Å². The number of carboxylic acid groups (broad SMARTS) is 1. The van der Waals surface area contributed by atoms with Crippen LogP contribution in [-0.4, -0.2) is 25.4 Å². The normalized spacial score (nSPS) is 11.4. The van der Waals surface area contributed by atoms with E-state index in [1.54, 1.807) is 6.92 Å². The molecule has 0 fully saturated rings. The van der Waals surface area contributed by atoms with Gasteiger partial charge in [-0.15, -0.1) is 23.1 Å². The highest BCUT2D eigenvalue weighted by molar-refractivity contribution is 7.98. The van der Waals surface area contributed by atoms with Crippen molar-refractivity contribution in [3.05, 3.63) is 73.9 Å². The van der Waals surface area contributed by atoms with E-state index in [0.717, 1.165) is 43.9 Å². The molecular formula is C24H18N4O3S2. The number of fused-ring (bicyclic) bond motifs is 4. The molecule has 5 aromatic rings. The Balaban J connectivity index is 1.68. The number of aromatic nitrogens is 3. The zero-order valence-electron chi connectivity index (χ0n) is 17.8. The summed E-state index contributed by atoms with van der Waals surface area (Å²) in [5, 5.41) is 21.0. The highest BCUT2D eigenvalue weighted by Gasteiger charge is 2.20. The van der Waals surface area contributed by atoms with Gasteiger partial charge in [-0.05, 0) is 48.2 Å². The molecule has 0 radical (unpaired) electrons. The van der Waals surface area contributed by atoms with Crippen LogP contribution in [0.3, 0.4) is 0 Å². The summed E-state index contributed by atoms with van der Waals surface area (Å²) >= 11 is 2.62. The molecule has 33 heavy (non-hydrogen) atoms. The maximum atomic E-state index is 12.3. The maximum absolute atomic E-state index is 12.3. The molecule has 2 N–H and O–H groups in total. The fourth-order valence-electron chi connectivity index (χ4n) is 4.19. The molecule has 1 aromatic carbocycles. The first-order valence-electron chi connectivity index (χ1n) is 10.3. The van der Waals surface area contributed by atoms with Crippen LogP contribution in [0.1, 0.15) is 38.8 Å². The number of aryl methyl sites for hydroxylation is 2. The van der Waals surface area contributed by atoms with E-state index in [1.165, 1.54) is 17.8 Å². The van der Waals surface area contributed by atoms with Crippen molar-refractivity contribution in [3.8, 4) is 6.07 Å². The summed E-state index contributed by atoms with van der Waals surface area (Å²) in [6, 6.07) is 13.6. The quantitative estimate of drug-likeness (QED) is 0.342. The lowest BCUT2D eigenvalue weighted by Gasteiger charge is -2.11. The van der Waals surface area contributed by atoms with Crippen LogP contribution in [0.25, 0.3) is 26.9 Å². The Morgan fingerprint density at radius 2 is 2.09 bits per heavy atom. The lowest BCUT2D eigenvalue weighted by atomic mass is 10.1. The Labute approximate surface area is 196 Å². The second-order valence-electron chi connectivity index (χ2n) is 7.62. The van der Waals surface area contributed by atoms with Gasteiger partial charge in [0.1, 0.15) is 15.8 Å². The van der Waals surface area contributed by atoms with Crippen LogP contribution in [-0.2, 0) is 12.2 Å². The highest BCUT2D eigenvalue weighted by atomic mass is 32.2. The molecule has 4 aromatic heterocycles. The predicted molar refractivity (Wildman–Crippen MR) is 130 cm³/mol. The SMILES string of the molecule is CCc1cc(SCc2cc(=O)[nH]c3sc(C(=O)O)c(C)c23)n2c(nc3ccccc32)c1C#N. The standard InChI is InChI=1S/C24H18N4O3S2/c1-3-13-9-19(28-17-7-5-4-6-16(17)26-22(28)15(13)10-25)32-11-14-8-18(29)27-23-20(14)12(2)21(33-23)24(30)31/h4-9H,3,11H2,1-2H3,(H,27,29)(H,30,31). The first kappa shape index (κ1) is 21.2. The Hall–Kier alpha value is -3.61. The molecule has 0 amide bonds. The molecule has 0 aliphatic carbocycles. The zero-order chi connectivity index (χ0) is 23.3. The van der Waals surface area contributed by atoms with Gasteiger partial charge in [-0.3, -0.25) is 9.20 Å². The summed E-state index contributed by atoms with van der Waals surface area (Å²) in [5.41, 5.74) is 4.99. The van der Waals surface area contributed by atoms with E-state index >= 15 is 0 Å². The molecule has 7 nitrogen and oxygen atoms in total. The summed E-state index contributed by atoms with van der Waals surface area (Å²) < 4.78 is 1.99. The van der Waals surface area contributed by atoms with Gasteiger partial charge in [0.15, 0.2) is 5.65 Å². The van der Waals surface area contributed by atoms with Crippen LogP contribution in [0.2, 0.25) is 0 Å². The summed E-state index contributed by atoms with van der Waals surface area (Å²) in [4.78, 5) is 32.2. The predicted octanol–water partition coefficient (Wildman–Crippen LogP) is 5.12. The second kappa shape index (κ2) is 8.06. The van der Waals surface area contributed by atoms with E-state index in [1.807, 2.05) is 41.7 Å². The number of aromatic amines is 1. The minimum absolute atomic E-state index is 0.229. The second-order valence-corrected chi connectivity index (χ2v) is 9.64. The summed E-state index contributed by atoms with van der Waals surface area (Å²) in [6.45, 7) is 3.78. The van der Waals surface area contributed by atoms with Crippen LogP contribution in [0.5, 0.6) is 0 Å². The Morgan fingerprint density at radius 1 is 1.30 bits per heavy atom. The minimum Gasteiger partial charge on any atom is -0.477 e. The first-order chi connectivity index (χ1) is 15.9. The van der Waals surface area contributed by atoms with Gasteiger partial charge in [-0.25, -0.2) is 9.78 Å². The van der Waals surface area contributed by atoms with Gasteiger partial charge in [0, 0.05) is 17.2 Å². The molecule has 0 atom stereocenters. The summed E-state index contributed by atoms with van der Waals surface area (Å²) in [5.74, 6) is -0.535. The van der Waals surface area contributed by atoms with E-state index in [4.69, 9.17) is 4.98 Å². The lowest BCUT2D eigenvalue weighted by Crippen LogP contribution is -2.05. The highest BCUT2D eigenvalue weighted by Crippen LogP contribution is 2.36. The molecule has 0 saturated carbocycles. The number of pyridine rings is 2. The maximum Gasteiger partial charge on any atom is 0.346 e. The fourth-order valence-corrected chi connectivity index (χ4v) is 6.34. The molecule has 9 heteroatoms. The fraction of sp³-hybridized carbons (Fsp3) is 0.167. The topological polar surface area (TPSA) is 111 Å². The number of nitrogens with one attached hydrogen (secondary N) is 1. The van der Waals surface area contributed by atoms with Gasteiger partial charge in [0.25, 0.3) is 0 Å². The number of para-hydroxylation sites is 2. The van der Waals surface area contributed by atoms with Gasteiger partial charge in [0.2, 0.25) is 5.56 Å². The number of hydrogen-bond acceptors (Lipinski definition) is 6. The van der Waals surface area contributed by atoms with Crippen molar-refractivity contribution in [1.29, 1.82) is 5.26 Å². The van der Waals surface area contributed by atoms with Crippen molar-refractivity contribution in [2.24, 2.45) is 0 Å². The van der Waals surface area contributed by atoms with Crippen molar-refractivity contribution >= 4 is 56.0 Å². The smallest absolute Gasteiger partial charge is 0.346 e. The van der Waals surface area contributed by atoms with Crippen molar-refractivity contribution < 1.29 is 9.90 Å². The molecule has 4 heterocycles. The molecule has 0 aliphatic rings. The molecule has 5 rings (SSSR count). The molecule has 0 spiro atoms. The van der Waals surface area contributed by atoms with Gasteiger partial charge >= 0.3 is 5.97 Å². The first-order valence-corrected chi connectivity index (χ1v) is 12.1. The van der Waals surface area contributed by atoms with Gasteiger partial charge in [-0.1, -0.05) is 19.1 Å². The Bertz CT molecular complexity index is 1690. The number of carbonyl (C=O) groups is 1. The van der Waals surface area contributed by atoms with Gasteiger partial charge in [0.05, 0.1) is 21.6 Å². The Morgan fingerprint density at radius 3 is 2.82 bits per heavy atom. The van der Waals surface area contributed by atoms with Gasteiger partial charge in [-0.2, -0.15) is 5.26 Å². The van der Waals surface area contributed by atoms with E-state index in [-0.39, 0.29) is 10.4 Å². The number of benzene rings is 1. The van der Waals surface area contributed by atoms with Crippen LogP contribution < -0.4 is 5.56 Å². The van der Waals surface area contributed by atoms with Crippen molar-refractivity contribution in [3.63, 3.8) is 0 Å². The van der Waals surface area contributed by atoms with Crippen molar-refractivity contribution in [2.75, 3.05) is 0 Å². The number of hydrogen-bond donors (Lipinski definition) is 2. The number of imidazole rings is 1. The Kier molecular flexibility index (Phi) is 5.19. The molecule has 0 bridgehead atoms. The molecule has 0 aliphatic heterocycles. The van der Waals surface area contributed by atoms with Gasteiger partial charge < -0.3 is 10.1 Å². The number of nitriles is 1. The number of rotatable bonds is 5. The lowest BCUT2D eigenvalue weighted by molar-refractivity contribution is 0.0701. The third-order valence-corrected chi connectivity index (χ3v) is 7.94. The largest absolute Gasteiger partial charge is 0.477 e. The minimum atomic E-state index is -1.00. The van der Waals surface area contributed by atoms with Crippen LogP contribution in [0.15, 0.2) is 46.2 Å². The number of thioether (sulfide) groups is 1. The van der Waals surface area contributed by atoms with Crippen LogP contribution in [0, 0.1) is 18.3 Å². The summed E-state index contributed by atoms with van der Waals surface area (Å²) in [6.07, 6.45) is 0.691. The third kappa shape index (κ3) is 3.39. The average molecular weight is 475 g/mol. The molecular weight excluding hydrogens is 456 g/mol. The number of thiophene rings is 1. The van der Waals surface area contributed by atoms with Crippen LogP contribution >= 0.6 is 23.1 Å². The van der Waals surface area contributed by atoms with Crippen LogP contribution in [0.4, 0.5) is 0 Å².